The molecule has 3 N–H and O–H groups in total. The lowest BCUT2D eigenvalue weighted by molar-refractivity contribution is 0.0609. The summed E-state index contributed by atoms with van der Waals surface area (Å²) in [7, 11) is 0. The van der Waals surface area contributed by atoms with E-state index in [1.165, 1.54) is 44.1 Å². The molecule has 3 fully saturated rings. The van der Waals surface area contributed by atoms with Gasteiger partial charge in [0.1, 0.15) is 0 Å². The molecule has 3 saturated carbocycles. The number of aliphatic hydroxyl groups is 3. The zero-order chi connectivity index (χ0) is 20.3. The van der Waals surface area contributed by atoms with Crippen molar-refractivity contribution in [2.45, 2.75) is 110 Å². The predicted molar refractivity (Wildman–Crippen MR) is 115 cm³/mol. The summed E-state index contributed by atoms with van der Waals surface area (Å²) in [5.41, 5.74) is 3.22. The second-order valence-corrected chi connectivity index (χ2v) is 10.4. The predicted octanol–water partition coefficient (Wildman–Crippen LogP) is 5.15. The Hall–Kier alpha value is -0.640. The largest absolute Gasteiger partial charge is 0.393 e. The van der Waals surface area contributed by atoms with E-state index in [9.17, 15) is 15.3 Å². The molecule has 3 heteroatoms. The van der Waals surface area contributed by atoms with Crippen molar-refractivity contribution in [2.24, 2.45) is 23.2 Å². The first kappa shape index (κ1) is 22.1. The van der Waals surface area contributed by atoms with Crippen molar-refractivity contribution >= 4 is 0 Å². The highest BCUT2D eigenvalue weighted by Crippen LogP contribution is 2.59. The molecule has 3 rings (SSSR count). The van der Waals surface area contributed by atoms with Crippen molar-refractivity contribution in [1.29, 1.82) is 0 Å². The zero-order valence-corrected chi connectivity index (χ0v) is 18.2. The topological polar surface area (TPSA) is 60.7 Å². The average molecular weight is 391 g/mol. The monoisotopic (exact) mass is 390 g/mol. The van der Waals surface area contributed by atoms with Crippen molar-refractivity contribution < 1.29 is 15.3 Å². The first-order valence-electron chi connectivity index (χ1n) is 11.7. The van der Waals surface area contributed by atoms with Gasteiger partial charge in [0.15, 0.2) is 0 Å². The maximum absolute atomic E-state index is 9.94. The Morgan fingerprint density at radius 1 is 1.07 bits per heavy atom. The van der Waals surface area contributed by atoms with Gasteiger partial charge in [-0.25, -0.2) is 0 Å². The van der Waals surface area contributed by atoms with Gasteiger partial charge in [-0.15, -0.1) is 0 Å². The number of aliphatic hydroxyl groups excluding tert-OH is 3. The normalized spacial score (nSPS) is 39.6. The summed E-state index contributed by atoms with van der Waals surface area (Å²) in [5.74, 6) is 2.22. The molecule has 0 unspecified atom stereocenters. The fourth-order valence-electron chi connectivity index (χ4n) is 6.68. The summed E-state index contributed by atoms with van der Waals surface area (Å²) in [6.07, 6.45) is 15.3. The highest BCUT2D eigenvalue weighted by molar-refractivity contribution is 5.26. The highest BCUT2D eigenvalue weighted by Gasteiger charge is 2.50. The number of allylic oxidation sites excluding steroid dienone is 3. The van der Waals surface area contributed by atoms with E-state index in [0.29, 0.717) is 30.6 Å². The lowest BCUT2D eigenvalue weighted by Gasteiger charge is -2.44. The van der Waals surface area contributed by atoms with E-state index in [4.69, 9.17) is 0 Å². The van der Waals surface area contributed by atoms with Crippen molar-refractivity contribution in [2.75, 3.05) is 0 Å². The van der Waals surface area contributed by atoms with Crippen molar-refractivity contribution in [1.82, 2.24) is 0 Å². The van der Waals surface area contributed by atoms with E-state index >= 15 is 0 Å². The Morgan fingerprint density at radius 2 is 1.79 bits per heavy atom. The maximum atomic E-state index is 9.94. The van der Waals surface area contributed by atoms with Gasteiger partial charge < -0.3 is 15.3 Å². The number of hydrogen-bond donors (Lipinski definition) is 3. The molecular formula is C25H42O3. The van der Waals surface area contributed by atoms with E-state index in [2.05, 4.69) is 26.0 Å². The van der Waals surface area contributed by atoms with Crippen LogP contribution in [0, 0.1) is 23.2 Å². The van der Waals surface area contributed by atoms with E-state index < -0.39 is 0 Å². The van der Waals surface area contributed by atoms with Crippen LogP contribution in [0.2, 0.25) is 0 Å². The van der Waals surface area contributed by atoms with Gasteiger partial charge in [-0.2, -0.15) is 0 Å². The molecule has 28 heavy (non-hydrogen) atoms. The third-order valence-electron chi connectivity index (χ3n) is 8.08. The number of fused-ring (bicyclic) bond motifs is 1. The summed E-state index contributed by atoms with van der Waals surface area (Å²) in [4.78, 5) is 0. The maximum Gasteiger partial charge on any atom is 0.0602 e. The molecule has 0 heterocycles. The van der Waals surface area contributed by atoms with E-state index in [1.54, 1.807) is 5.57 Å². The Morgan fingerprint density at radius 3 is 2.46 bits per heavy atom. The molecule has 3 aliphatic carbocycles. The zero-order valence-electron chi connectivity index (χ0n) is 18.2. The fraction of sp³-hybridized carbons (Fsp3) is 0.840. The minimum atomic E-state index is -0.386. The summed E-state index contributed by atoms with van der Waals surface area (Å²) in [5, 5.41) is 29.4. The Kier molecular flexibility index (Phi) is 7.44. The lowest BCUT2D eigenvalue weighted by Crippen LogP contribution is -2.36. The molecule has 0 saturated heterocycles. The minimum Gasteiger partial charge on any atom is -0.393 e. The van der Waals surface area contributed by atoms with Crippen LogP contribution in [0.5, 0.6) is 0 Å². The van der Waals surface area contributed by atoms with Crippen LogP contribution in [0.15, 0.2) is 23.3 Å². The van der Waals surface area contributed by atoms with Crippen LogP contribution < -0.4 is 0 Å². The first-order chi connectivity index (χ1) is 13.3. The van der Waals surface area contributed by atoms with Gasteiger partial charge in [0.05, 0.1) is 18.3 Å². The summed E-state index contributed by atoms with van der Waals surface area (Å²) < 4.78 is 0. The van der Waals surface area contributed by atoms with Crippen molar-refractivity contribution in [3.63, 3.8) is 0 Å². The van der Waals surface area contributed by atoms with Crippen molar-refractivity contribution in [3.05, 3.63) is 23.3 Å². The van der Waals surface area contributed by atoms with Crippen LogP contribution in [0.1, 0.15) is 91.4 Å². The SMILES string of the molecule is C[C@H](O)CCC[C@@H](C)[C@H]1CC[C@H]2/C(=C/C=C3C[C@@H](O)C[C@H](O)C3)CCC[C@]12C. The molecule has 0 aliphatic heterocycles. The third-order valence-corrected chi connectivity index (χ3v) is 8.08. The summed E-state index contributed by atoms with van der Waals surface area (Å²) in [6, 6.07) is 0. The molecule has 0 aromatic heterocycles. The minimum absolute atomic E-state index is 0.173. The standard InChI is InChI=1S/C25H42O3/c1-17(6-4-7-18(2)26)23-11-12-24-20(8-5-13-25(23,24)3)10-9-19-14-21(27)16-22(28)15-19/h9-10,17-18,21-24,26-28H,4-8,11-16H2,1-3H3/b20-10+/t17-,18+,21-,22-,23-,24+,25-/m1/s1. The van der Waals surface area contributed by atoms with Crippen LogP contribution >= 0.6 is 0 Å². The first-order valence-corrected chi connectivity index (χ1v) is 11.7. The van der Waals surface area contributed by atoms with Crippen LogP contribution in [0.3, 0.4) is 0 Å². The van der Waals surface area contributed by atoms with Crippen LogP contribution in [0.4, 0.5) is 0 Å². The molecule has 3 aliphatic rings. The van der Waals surface area contributed by atoms with Crippen LogP contribution in [0.25, 0.3) is 0 Å². The van der Waals surface area contributed by atoms with Gasteiger partial charge >= 0.3 is 0 Å². The lowest BCUT2D eigenvalue weighted by atomic mass is 9.60. The molecule has 0 aromatic rings. The second-order valence-electron chi connectivity index (χ2n) is 10.4. The molecule has 0 amide bonds. The van der Waals surface area contributed by atoms with E-state index in [-0.39, 0.29) is 18.3 Å². The van der Waals surface area contributed by atoms with Gasteiger partial charge in [-0.1, -0.05) is 50.0 Å². The van der Waals surface area contributed by atoms with Gasteiger partial charge in [0.25, 0.3) is 0 Å². The van der Waals surface area contributed by atoms with Gasteiger partial charge in [-0.3, -0.25) is 0 Å². The van der Waals surface area contributed by atoms with Gasteiger partial charge in [-0.05, 0) is 87.9 Å². The third kappa shape index (κ3) is 5.09. The molecule has 7 atom stereocenters. The Labute approximate surface area is 171 Å². The molecule has 160 valence electrons. The number of hydrogen-bond acceptors (Lipinski definition) is 3. The Balaban J connectivity index is 1.67. The fourth-order valence-corrected chi connectivity index (χ4v) is 6.68. The van der Waals surface area contributed by atoms with Crippen molar-refractivity contribution in [3.8, 4) is 0 Å². The molecule has 0 aromatic carbocycles. The average Bonchev–Trinajstić information content (AvgIpc) is 2.96. The molecule has 0 bridgehead atoms. The summed E-state index contributed by atoms with van der Waals surface area (Å²) >= 11 is 0. The van der Waals surface area contributed by atoms with E-state index in [1.807, 2.05) is 6.92 Å². The number of rotatable bonds is 6. The van der Waals surface area contributed by atoms with Crippen LogP contribution in [-0.4, -0.2) is 33.6 Å². The van der Waals surface area contributed by atoms with Gasteiger partial charge in [0.2, 0.25) is 0 Å². The molecule has 0 spiro atoms. The quantitative estimate of drug-likeness (QED) is 0.588. The van der Waals surface area contributed by atoms with Gasteiger partial charge in [0, 0.05) is 0 Å². The highest BCUT2D eigenvalue weighted by atomic mass is 16.3. The molecular weight excluding hydrogens is 348 g/mol. The molecule has 3 nitrogen and oxygen atoms in total. The van der Waals surface area contributed by atoms with Crippen LogP contribution in [-0.2, 0) is 0 Å². The Bertz CT molecular complexity index is 566. The van der Waals surface area contributed by atoms with E-state index in [0.717, 1.165) is 24.7 Å². The summed E-state index contributed by atoms with van der Waals surface area (Å²) in [6.45, 7) is 6.87. The molecule has 0 radical (unpaired) electrons. The smallest absolute Gasteiger partial charge is 0.0602 e. The second kappa shape index (κ2) is 9.45.